The molecule has 7 heteroatoms. The highest BCUT2D eigenvalue weighted by atomic mass is 16.2. The highest BCUT2D eigenvalue weighted by Crippen LogP contribution is 2.21. The molecule has 0 aliphatic heterocycles. The molecule has 0 bridgehead atoms. The fraction of sp³-hybridized carbons (Fsp3) is 0.643. The number of fused-ring (bicyclic) bond motifs is 1. The van der Waals surface area contributed by atoms with E-state index >= 15 is 0 Å². The summed E-state index contributed by atoms with van der Waals surface area (Å²) < 4.78 is 4.40. The van der Waals surface area contributed by atoms with Gasteiger partial charge in [-0.15, -0.1) is 0 Å². The number of nitrogens with zero attached hydrogens (tertiary/aromatic N) is 4. The van der Waals surface area contributed by atoms with Crippen molar-refractivity contribution < 1.29 is 0 Å². The summed E-state index contributed by atoms with van der Waals surface area (Å²) in [7, 11) is 3.12. The zero-order valence-corrected chi connectivity index (χ0v) is 13.5. The predicted octanol–water partition coefficient (Wildman–Crippen LogP) is 1.22. The lowest BCUT2D eigenvalue weighted by molar-refractivity contribution is 0.607. The van der Waals surface area contributed by atoms with Gasteiger partial charge in [0.05, 0.1) is 0 Å². The van der Waals surface area contributed by atoms with E-state index < -0.39 is 0 Å². The van der Waals surface area contributed by atoms with Crippen molar-refractivity contribution in [3.05, 3.63) is 20.8 Å². The number of rotatable bonds is 4. The average Bonchev–Trinajstić information content (AvgIpc) is 2.82. The van der Waals surface area contributed by atoms with Crippen LogP contribution in [0.3, 0.4) is 0 Å². The fourth-order valence-electron chi connectivity index (χ4n) is 2.34. The number of anilines is 1. The lowest BCUT2D eigenvalue weighted by atomic mass is 10.3. The molecule has 7 nitrogen and oxygen atoms in total. The predicted molar refractivity (Wildman–Crippen MR) is 84.0 cm³/mol. The van der Waals surface area contributed by atoms with Gasteiger partial charge in [0.15, 0.2) is 11.2 Å². The van der Waals surface area contributed by atoms with E-state index in [1.54, 1.807) is 7.05 Å². The quantitative estimate of drug-likeness (QED) is 0.920. The van der Waals surface area contributed by atoms with E-state index in [1.807, 2.05) is 18.4 Å². The van der Waals surface area contributed by atoms with Gasteiger partial charge < -0.3 is 9.88 Å². The second-order valence-corrected chi connectivity index (χ2v) is 5.73. The van der Waals surface area contributed by atoms with Gasteiger partial charge in [0.1, 0.15) is 0 Å². The molecule has 2 heterocycles. The van der Waals surface area contributed by atoms with Crippen LogP contribution in [-0.2, 0) is 14.1 Å². The first-order valence-corrected chi connectivity index (χ1v) is 7.24. The van der Waals surface area contributed by atoms with Crippen LogP contribution in [0.5, 0.6) is 0 Å². The molecule has 0 aliphatic rings. The second-order valence-electron chi connectivity index (χ2n) is 5.73. The third-order valence-electron chi connectivity index (χ3n) is 3.80. The Labute approximate surface area is 123 Å². The van der Waals surface area contributed by atoms with E-state index in [0.717, 1.165) is 11.0 Å². The Kier molecular flexibility index (Phi) is 3.93. The maximum Gasteiger partial charge on any atom is 0.332 e. The number of imidazole rings is 1. The zero-order chi connectivity index (χ0) is 15.9. The second kappa shape index (κ2) is 5.38. The summed E-state index contributed by atoms with van der Waals surface area (Å²) in [5.74, 6) is 0.632. The van der Waals surface area contributed by atoms with Gasteiger partial charge in [-0.25, -0.2) is 4.79 Å². The minimum absolute atomic E-state index is 0.0618. The zero-order valence-electron chi connectivity index (χ0n) is 13.5. The Morgan fingerprint density at radius 3 is 2.29 bits per heavy atom. The number of aromatic nitrogens is 4. The average molecular weight is 293 g/mol. The molecule has 1 N–H and O–H groups in total. The summed E-state index contributed by atoms with van der Waals surface area (Å²) in [6.45, 7) is 8.12. The molecule has 21 heavy (non-hydrogen) atoms. The van der Waals surface area contributed by atoms with Crippen LogP contribution in [0.25, 0.3) is 11.2 Å². The SMILES string of the molecule is CC[C@@H](C)Nc1nc2c(c(=O)n(C)c(=O)n2C)n1C(C)C. The van der Waals surface area contributed by atoms with Gasteiger partial charge in [-0.05, 0) is 27.2 Å². The highest BCUT2D eigenvalue weighted by Gasteiger charge is 2.21. The largest absolute Gasteiger partial charge is 0.353 e. The maximum atomic E-state index is 12.5. The van der Waals surface area contributed by atoms with Crippen LogP contribution < -0.4 is 16.6 Å². The first kappa shape index (κ1) is 15.3. The molecule has 0 unspecified atom stereocenters. The Hall–Kier alpha value is -2.05. The van der Waals surface area contributed by atoms with Crippen molar-refractivity contribution >= 4 is 17.1 Å². The van der Waals surface area contributed by atoms with Gasteiger partial charge in [-0.3, -0.25) is 13.9 Å². The van der Waals surface area contributed by atoms with E-state index in [-0.39, 0.29) is 23.3 Å². The molecule has 0 spiro atoms. The van der Waals surface area contributed by atoms with Crippen molar-refractivity contribution in [3.8, 4) is 0 Å². The van der Waals surface area contributed by atoms with E-state index in [2.05, 4.69) is 24.1 Å². The molecule has 2 aromatic heterocycles. The van der Waals surface area contributed by atoms with Crippen LogP contribution in [-0.4, -0.2) is 24.7 Å². The third kappa shape index (κ3) is 2.36. The fourth-order valence-corrected chi connectivity index (χ4v) is 2.34. The van der Waals surface area contributed by atoms with Gasteiger partial charge in [-0.2, -0.15) is 4.98 Å². The Morgan fingerprint density at radius 2 is 1.76 bits per heavy atom. The molecule has 116 valence electrons. The van der Waals surface area contributed by atoms with Crippen molar-refractivity contribution in [2.45, 2.75) is 46.2 Å². The summed E-state index contributed by atoms with van der Waals surface area (Å²) in [6.07, 6.45) is 0.943. The summed E-state index contributed by atoms with van der Waals surface area (Å²) >= 11 is 0. The van der Waals surface area contributed by atoms with Crippen molar-refractivity contribution in [2.24, 2.45) is 14.1 Å². The van der Waals surface area contributed by atoms with Crippen molar-refractivity contribution in [2.75, 3.05) is 5.32 Å². The van der Waals surface area contributed by atoms with Crippen molar-refractivity contribution in [1.29, 1.82) is 0 Å². The standard InChI is InChI=1S/C14H23N5O2/c1-7-9(4)15-13-16-11-10(19(13)8(2)3)12(20)18(6)14(21)17(11)5/h8-9H,7H2,1-6H3,(H,15,16)/t9-/m1/s1. The molecule has 0 aliphatic carbocycles. The number of hydrogen-bond acceptors (Lipinski definition) is 4. The lowest BCUT2D eigenvalue weighted by Gasteiger charge is -2.17. The third-order valence-corrected chi connectivity index (χ3v) is 3.80. The van der Waals surface area contributed by atoms with Crippen LogP contribution in [0.4, 0.5) is 5.95 Å². The van der Waals surface area contributed by atoms with Gasteiger partial charge in [0.25, 0.3) is 5.56 Å². The first-order valence-electron chi connectivity index (χ1n) is 7.24. The molecule has 0 amide bonds. The van der Waals surface area contributed by atoms with Crippen LogP contribution in [0, 0.1) is 0 Å². The Bertz CT molecular complexity index is 781. The molecular weight excluding hydrogens is 270 g/mol. The molecule has 0 fully saturated rings. The normalized spacial score (nSPS) is 13.1. The maximum absolute atomic E-state index is 12.5. The van der Waals surface area contributed by atoms with Crippen LogP contribution in [0.1, 0.15) is 40.2 Å². The molecule has 2 rings (SSSR count). The van der Waals surface area contributed by atoms with Crippen LogP contribution in [0.2, 0.25) is 0 Å². The molecule has 0 saturated carbocycles. The van der Waals surface area contributed by atoms with Gasteiger partial charge in [0, 0.05) is 26.2 Å². The summed E-state index contributed by atoms with van der Waals surface area (Å²) in [5, 5.41) is 3.31. The number of nitrogens with one attached hydrogen (secondary N) is 1. The molecule has 2 aromatic rings. The van der Waals surface area contributed by atoms with Gasteiger partial charge in [-0.1, -0.05) is 6.92 Å². The van der Waals surface area contributed by atoms with E-state index in [0.29, 0.717) is 17.1 Å². The Morgan fingerprint density at radius 1 is 1.14 bits per heavy atom. The van der Waals surface area contributed by atoms with E-state index in [9.17, 15) is 9.59 Å². The number of aryl methyl sites for hydroxylation is 1. The van der Waals surface area contributed by atoms with Crippen LogP contribution >= 0.6 is 0 Å². The number of hydrogen-bond donors (Lipinski definition) is 1. The van der Waals surface area contributed by atoms with Gasteiger partial charge >= 0.3 is 5.69 Å². The van der Waals surface area contributed by atoms with Crippen molar-refractivity contribution in [3.63, 3.8) is 0 Å². The first-order chi connectivity index (χ1) is 9.79. The van der Waals surface area contributed by atoms with E-state index in [1.165, 1.54) is 11.6 Å². The Balaban J connectivity index is 2.87. The molecule has 1 atom stereocenters. The minimum Gasteiger partial charge on any atom is -0.353 e. The minimum atomic E-state index is -0.365. The summed E-state index contributed by atoms with van der Waals surface area (Å²) in [5.41, 5.74) is 0.200. The lowest BCUT2D eigenvalue weighted by Crippen LogP contribution is -2.37. The molecular formula is C14H23N5O2. The molecule has 0 radical (unpaired) electrons. The van der Waals surface area contributed by atoms with Gasteiger partial charge in [0.2, 0.25) is 5.95 Å². The molecule has 0 saturated heterocycles. The smallest absolute Gasteiger partial charge is 0.332 e. The highest BCUT2D eigenvalue weighted by molar-refractivity contribution is 5.74. The van der Waals surface area contributed by atoms with Crippen molar-refractivity contribution in [1.82, 2.24) is 18.7 Å². The topological polar surface area (TPSA) is 73.8 Å². The summed E-state index contributed by atoms with van der Waals surface area (Å²) in [6, 6.07) is 0.298. The van der Waals surface area contributed by atoms with Crippen LogP contribution in [0.15, 0.2) is 9.59 Å². The summed E-state index contributed by atoms with van der Waals surface area (Å²) in [4.78, 5) is 29.0. The monoisotopic (exact) mass is 293 g/mol. The molecule has 0 aromatic carbocycles. The van der Waals surface area contributed by atoms with E-state index in [4.69, 9.17) is 0 Å².